The van der Waals surface area contributed by atoms with Crippen molar-refractivity contribution in [2.75, 3.05) is 26.2 Å². The average molecular weight is 224 g/mol. The summed E-state index contributed by atoms with van der Waals surface area (Å²) in [4.78, 5) is 14.2. The van der Waals surface area contributed by atoms with Crippen molar-refractivity contribution in [2.45, 2.75) is 37.8 Å². The highest BCUT2D eigenvalue weighted by Crippen LogP contribution is 2.26. The quantitative estimate of drug-likeness (QED) is 0.700. The normalized spacial score (nSPS) is 38.8. The molecule has 4 nitrogen and oxygen atoms in total. The first-order valence-electron chi connectivity index (χ1n) is 6.48. The molecule has 0 spiro atoms. The van der Waals surface area contributed by atoms with Gasteiger partial charge < -0.3 is 15.0 Å². The van der Waals surface area contributed by atoms with Gasteiger partial charge in [0.1, 0.15) is 6.10 Å². The lowest BCUT2D eigenvalue weighted by Gasteiger charge is -2.27. The third-order valence-corrected chi connectivity index (χ3v) is 4.13. The smallest absolute Gasteiger partial charge is 0.251 e. The van der Waals surface area contributed by atoms with Crippen LogP contribution in [0.2, 0.25) is 0 Å². The summed E-state index contributed by atoms with van der Waals surface area (Å²) in [6.45, 7) is 3.71. The second kappa shape index (κ2) is 4.34. The highest BCUT2D eigenvalue weighted by molar-refractivity contribution is 5.81. The van der Waals surface area contributed by atoms with E-state index in [-0.39, 0.29) is 12.0 Å². The molecule has 0 aliphatic carbocycles. The molecular weight excluding hydrogens is 204 g/mol. The average Bonchev–Trinajstić information content (AvgIpc) is 2.89. The molecule has 0 aromatic rings. The van der Waals surface area contributed by atoms with E-state index in [1.54, 1.807) is 0 Å². The lowest BCUT2D eigenvalue weighted by atomic mass is 10.1. The molecule has 1 amide bonds. The van der Waals surface area contributed by atoms with Crippen LogP contribution in [0.4, 0.5) is 0 Å². The van der Waals surface area contributed by atoms with E-state index in [2.05, 4.69) is 5.32 Å². The number of likely N-dealkylation sites (tertiary alicyclic amines) is 1. The summed E-state index contributed by atoms with van der Waals surface area (Å²) in [5, 5.41) is 3.47. The van der Waals surface area contributed by atoms with Gasteiger partial charge in [-0.2, -0.15) is 0 Å². The molecule has 3 fully saturated rings. The minimum Gasteiger partial charge on any atom is -0.368 e. The predicted molar refractivity (Wildman–Crippen MR) is 60.1 cm³/mol. The van der Waals surface area contributed by atoms with Crippen molar-refractivity contribution in [1.82, 2.24) is 10.2 Å². The number of amides is 1. The minimum atomic E-state index is -0.146. The van der Waals surface area contributed by atoms with Gasteiger partial charge >= 0.3 is 0 Å². The summed E-state index contributed by atoms with van der Waals surface area (Å²) in [5.74, 6) is 0.920. The Hall–Kier alpha value is -0.610. The van der Waals surface area contributed by atoms with E-state index in [4.69, 9.17) is 4.74 Å². The number of nitrogens with zero attached hydrogens (tertiary/aromatic N) is 1. The number of hydrogen-bond acceptors (Lipinski definition) is 3. The molecule has 3 rings (SSSR count). The Morgan fingerprint density at radius 1 is 1.25 bits per heavy atom. The van der Waals surface area contributed by atoms with Crippen molar-refractivity contribution in [3.05, 3.63) is 0 Å². The Bertz CT molecular complexity index is 264. The van der Waals surface area contributed by atoms with E-state index in [1.807, 2.05) is 4.90 Å². The number of nitrogens with one attached hydrogen (secondary N) is 1. The third kappa shape index (κ3) is 1.84. The third-order valence-electron chi connectivity index (χ3n) is 4.13. The summed E-state index contributed by atoms with van der Waals surface area (Å²) in [5.41, 5.74) is 0. The summed E-state index contributed by atoms with van der Waals surface area (Å²) in [7, 11) is 0. The van der Waals surface area contributed by atoms with Gasteiger partial charge in [0.25, 0.3) is 5.91 Å². The Balaban J connectivity index is 1.59. The molecule has 90 valence electrons. The molecule has 3 heterocycles. The molecule has 4 heteroatoms. The van der Waals surface area contributed by atoms with E-state index in [1.165, 1.54) is 6.42 Å². The molecule has 1 unspecified atom stereocenters. The number of fused-ring (bicyclic) bond motifs is 1. The Labute approximate surface area is 96.3 Å². The SMILES string of the molecule is O=C(C1CCCCO1)N1C[C@@H]2CCN[C@@H]2C1. The van der Waals surface area contributed by atoms with Gasteiger partial charge in [0.15, 0.2) is 0 Å². The molecule has 16 heavy (non-hydrogen) atoms. The number of hydrogen-bond donors (Lipinski definition) is 1. The van der Waals surface area contributed by atoms with Gasteiger partial charge in [0, 0.05) is 25.7 Å². The van der Waals surface area contributed by atoms with E-state index in [0.717, 1.165) is 45.5 Å². The molecule has 0 bridgehead atoms. The Morgan fingerprint density at radius 2 is 2.19 bits per heavy atom. The highest BCUT2D eigenvalue weighted by Gasteiger charge is 2.40. The van der Waals surface area contributed by atoms with Crippen LogP contribution in [0.5, 0.6) is 0 Å². The van der Waals surface area contributed by atoms with Crippen molar-refractivity contribution >= 4 is 5.91 Å². The first-order valence-corrected chi connectivity index (χ1v) is 6.48. The lowest BCUT2D eigenvalue weighted by Crippen LogP contribution is -2.42. The number of carbonyl (C=O) groups excluding carboxylic acids is 1. The largest absolute Gasteiger partial charge is 0.368 e. The van der Waals surface area contributed by atoms with Crippen molar-refractivity contribution in [3.63, 3.8) is 0 Å². The molecule has 1 N–H and O–H groups in total. The lowest BCUT2D eigenvalue weighted by molar-refractivity contribution is -0.145. The van der Waals surface area contributed by atoms with Crippen LogP contribution in [0.1, 0.15) is 25.7 Å². The van der Waals surface area contributed by atoms with Crippen LogP contribution in [-0.4, -0.2) is 49.2 Å². The van der Waals surface area contributed by atoms with E-state index in [0.29, 0.717) is 12.0 Å². The molecule has 0 aromatic heterocycles. The highest BCUT2D eigenvalue weighted by atomic mass is 16.5. The molecule has 0 saturated carbocycles. The van der Waals surface area contributed by atoms with Gasteiger partial charge in [-0.25, -0.2) is 0 Å². The Kier molecular flexibility index (Phi) is 2.86. The van der Waals surface area contributed by atoms with E-state index >= 15 is 0 Å². The van der Waals surface area contributed by atoms with Crippen LogP contribution in [0.3, 0.4) is 0 Å². The van der Waals surface area contributed by atoms with Crippen LogP contribution >= 0.6 is 0 Å². The maximum Gasteiger partial charge on any atom is 0.251 e. The fraction of sp³-hybridized carbons (Fsp3) is 0.917. The van der Waals surface area contributed by atoms with Gasteiger partial charge in [-0.3, -0.25) is 4.79 Å². The predicted octanol–water partition coefficient (Wildman–Crippen LogP) is 0.376. The fourth-order valence-electron chi connectivity index (χ4n) is 3.17. The van der Waals surface area contributed by atoms with Crippen LogP contribution in [0.25, 0.3) is 0 Å². The topological polar surface area (TPSA) is 41.6 Å². The molecule has 3 atom stereocenters. The number of ether oxygens (including phenoxy) is 1. The zero-order chi connectivity index (χ0) is 11.0. The van der Waals surface area contributed by atoms with Gasteiger partial charge in [-0.05, 0) is 38.1 Å². The van der Waals surface area contributed by atoms with Gasteiger partial charge in [-0.1, -0.05) is 0 Å². The summed E-state index contributed by atoms with van der Waals surface area (Å²) in [6.07, 6.45) is 4.23. The Morgan fingerprint density at radius 3 is 2.94 bits per heavy atom. The first kappa shape index (κ1) is 10.5. The van der Waals surface area contributed by atoms with Crippen LogP contribution in [0, 0.1) is 5.92 Å². The number of carbonyl (C=O) groups is 1. The van der Waals surface area contributed by atoms with Gasteiger partial charge in [-0.15, -0.1) is 0 Å². The zero-order valence-corrected chi connectivity index (χ0v) is 9.65. The minimum absolute atomic E-state index is 0.146. The summed E-state index contributed by atoms with van der Waals surface area (Å²) in [6, 6.07) is 0.549. The molecular formula is C12H20N2O2. The monoisotopic (exact) mass is 224 g/mol. The van der Waals surface area contributed by atoms with Gasteiger partial charge in [0.05, 0.1) is 0 Å². The molecule has 3 aliphatic rings. The summed E-state index contributed by atoms with van der Waals surface area (Å²) < 4.78 is 5.56. The zero-order valence-electron chi connectivity index (χ0n) is 9.65. The second-order valence-corrected chi connectivity index (χ2v) is 5.21. The maximum atomic E-state index is 12.2. The number of rotatable bonds is 1. The first-order chi connectivity index (χ1) is 7.84. The molecule has 0 radical (unpaired) electrons. The van der Waals surface area contributed by atoms with E-state index in [9.17, 15) is 4.79 Å². The van der Waals surface area contributed by atoms with Crippen molar-refractivity contribution in [2.24, 2.45) is 5.92 Å². The molecule has 3 saturated heterocycles. The van der Waals surface area contributed by atoms with Crippen LogP contribution < -0.4 is 5.32 Å². The maximum absolute atomic E-state index is 12.2. The van der Waals surface area contributed by atoms with Crippen molar-refractivity contribution in [1.29, 1.82) is 0 Å². The van der Waals surface area contributed by atoms with Crippen LogP contribution in [0.15, 0.2) is 0 Å². The molecule has 0 aromatic carbocycles. The van der Waals surface area contributed by atoms with Crippen molar-refractivity contribution < 1.29 is 9.53 Å². The summed E-state index contributed by atoms with van der Waals surface area (Å²) >= 11 is 0. The molecule has 3 aliphatic heterocycles. The standard InChI is InChI=1S/C12H20N2O2/c15-12(11-3-1-2-6-16-11)14-7-9-4-5-13-10(9)8-14/h9-11,13H,1-8H2/t9-,10+,11?/m0/s1. The fourth-order valence-corrected chi connectivity index (χ4v) is 3.17. The van der Waals surface area contributed by atoms with Crippen LogP contribution in [-0.2, 0) is 9.53 Å². The van der Waals surface area contributed by atoms with Gasteiger partial charge in [0.2, 0.25) is 0 Å². The van der Waals surface area contributed by atoms with E-state index < -0.39 is 0 Å². The second-order valence-electron chi connectivity index (χ2n) is 5.21. The van der Waals surface area contributed by atoms with Crippen molar-refractivity contribution in [3.8, 4) is 0 Å².